The van der Waals surface area contributed by atoms with Crippen LogP contribution in [0, 0.1) is 13.8 Å². The van der Waals surface area contributed by atoms with Gasteiger partial charge in [-0.05, 0) is 49.2 Å². The molecule has 0 heterocycles. The van der Waals surface area contributed by atoms with Gasteiger partial charge in [0.1, 0.15) is 12.4 Å². The Bertz CT molecular complexity index is 659. The van der Waals surface area contributed by atoms with Gasteiger partial charge in [0.05, 0.1) is 6.54 Å². The molecule has 2 rings (SSSR count). The number of carbonyl (C=O) groups is 1. The van der Waals surface area contributed by atoms with Gasteiger partial charge in [-0.1, -0.05) is 34.1 Å². The van der Waals surface area contributed by atoms with Crippen molar-refractivity contribution in [2.24, 2.45) is 0 Å². The third kappa shape index (κ3) is 5.07. The summed E-state index contributed by atoms with van der Waals surface area (Å²) in [6.07, 6.45) is 0. The lowest BCUT2D eigenvalue weighted by Crippen LogP contribution is -2.32. The van der Waals surface area contributed by atoms with Gasteiger partial charge in [-0.15, -0.1) is 0 Å². The van der Waals surface area contributed by atoms with Crippen LogP contribution in [0.15, 0.2) is 46.9 Å². The number of hydrogen-bond acceptors (Lipinski definition) is 2. The molecule has 0 aromatic heterocycles. The maximum atomic E-state index is 11.9. The summed E-state index contributed by atoms with van der Waals surface area (Å²) < 4.78 is 6.52. The van der Waals surface area contributed by atoms with Crippen LogP contribution in [0.1, 0.15) is 11.1 Å². The van der Waals surface area contributed by atoms with Crippen LogP contribution < -0.4 is 15.4 Å². The van der Waals surface area contributed by atoms with Crippen molar-refractivity contribution in [3.05, 3.63) is 58.1 Å². The van der Waals surface area contributed by atoms with Crippen LogP contribution in [0.3, 0.4) is 0 Å². The van der Waals surface area contributed by atoms with Crippen molar-refractivity contribution >= 4 is 27.6 Å². The van der Waals surface area contributed by atoms with Crippen molar-refractivity contribution in [3.63, 3.8) is 0 Å². The molecule has 22 heavy (non-hydrogen) atoms. The van der Waals surface area contributed by atoms with E-state index in [9.17, 15) is 4.79 Å². The number of halogens is 1. The van der Waals surface area contributed by atoms with Crippen LogP contribution in [-0.2, 0) is 0 Å². The SMILES string of the molecule is Cc1ccc(C)c(NC(=O)NCCOc2cccc(Br)c2)c1. The van der Waals surface area contributed by atoms with Crippen molar-refractivity contribution < 1.29 is 9.53 Å². The van der Waals surface area contributed by atoms with E-state index in [1.165, 1.54) is 0 Å². The number of nitrogens with one attached hydrogen (secondary N) is 2. The summed E-state index contributed by atoms with van der Waals surface area (Å²) in [5.74, 6) is 0.770. The average Bonchev–Trinajstić information content (AvgIpc) is 2.48. The molecular formula is C17H19BrN2O2. The van der Waals surface area contributed by atoms with E-state index in [0.29, 0.717) is 13.2 Å². The van der Waals surface area contributed by atoms with E-state index >= 15 is 0 Å². The maximum absolute atomic E-state index is 11.9. The summed E-state index contributed by atoms with van der Waals surface area (Å²) in [7, 11) is 0. The second kappa shape index (κ2) is 7.84. The fraction of sp³-hybridized carbons (Fsp3) is 0.235. The Kier molecular flexibility index (Phi) is 5.83. The lowest BCUT2D eigenvalue weighted by molar-refractivity contribution is 0.247. The highest BCUT2D eigenvalue weighted by atomic mass is 79.9. The van der Waals surface area contributed by atoms with Crippen molar-refractivity contribution in [1.29, 1.82) is 0 Å². The molecule has 0 saturated carbocycles. The highest BCUT2D eigenvalue weighted by Gasteiger charge is 2.04. The van der Waals surface area contributed by atoms with Gasteiger partial charge in [0.15, 0.2) is 0 Å². The summed E-state index contributed by atoms with van der Waals surface area (Å²) >= 11 is 3.38. The summed E-state index contributed by atoms with van der Waals surface area (Å²) in [4.78, 5) is 11.9. The minimum absolute atomic E-state index is 0.230. The Morgan fingerprint density at radius 2 is 2.00 bits per heavy atom. The minimum Gasteiger partial charge on any atom is -0.492 e. The molecule has 0 spiro atoms. The average molecular weight is 363 g/mol. The lowest BCUT2D eigenvalue weighted by Gasteiger charge is -2.11. The van der Waals surface area contributed by atoms with E-state index in [0.717, 1.165) is 27.0 Å². The Labute approximate surface area is 139 Å². The molecule has 0 atom stereocenters. The van der Waals surface area contributed by atoms with Crippen LogP contribution in [0.2, 0.25) is 0 Å². The summed E-state index contributed by atoms with van der Waals surface area (Å²) in [5.41, 5.74) is 2.97. The molecule has 5 heteroatoms. The zero-order valence-electron chi connectivity index (χ0n) is 12.7. The van der Waals surface area contributed by atoms with Gasteiger partial charge < -0.3 is 15.4 Å². The standard InChI is InChI=1S/C17H19BrN2O2/c1-12-6-7-13(2)16(10-12)20-17(21)19-8-9-22-15-5-3-4-14(18)11-15/h3-7,10-11H,8-9H2,1-2H3,(H2,19,20,21). The van der Waals surface area contributed by atoms with Crippen LogP contribution >= 0.6 is 15.9 Å². The molecular weight excluding hydrogens is 344 g/mol. The van der Waals surface area contributed by atoms with E-state index in [4.69, 9.17) is 4.74 Å². The van der Waals surface area contributed by atoms with Gasteiger partial charge in [0.25, 0.3) is 0 Å². The molecule has 2 N–H and O–H groups in total. The third-order valence-corrected chi connectivity index (χ3v) is 3.59. The Balaban J connectivity index is 1.75. The van der Waals surface area contributed by atoms with Crippen molar-refractivity contribution in [3.8, 4) is 5.75 Å². The molecule has 116 valence electrons. The van der Waals surface area contributed by atoms with Crippen LogP contribution in [-0.4, -0.2) is 19.2 Å². The molecule has 0 aliphatic carbocycles. The van der Waals surface area contributed by atoms with Crippen LogP contribution in [0.4, 0.5) is 10.5 Å². The Morgan fingerprint density at radius 3 is 2.77 bits per heavy atom. The molecule has 0 unspecified atom stereocenters. The monoisotopic (exact) mass is 362 g/mol. The third-order valence-electron chi connectivity index (χ3n) is 3.09. The highest BCUT2D eigenvalue weighted by Crippen LogP contribution is 2.17. The molecule has 4 nitrogen and oxygen atoms in total. The smallest absolute Gasteiger partial charge is 0.319 e. The normalized spacial score (nSPS) is 10.1. The fourth-order valence-corrected chi connectivity index (χ4v) is 2.31. The van der Waals surface area contributed by atoms with Gasteiger partial charge >= 0.3 is 6.03 Å². The van der Waals surface area contributed by atoms with Crippen LogP contribution in [0.5, 0.6) is 5.75 Å². The van der Waals surface area contributed by atoms with Gasteiger partial charge in [-0.25, -0.2) is 4.79 Å². The molecule has 0 aliphatic heterocycles. The highest BCUT2D eigenvalue weighted by molar-refractivity contribution is 9.10. The first-order valence-electron chi connectivity index (χ1n) is 7.05. The van der Waals surface area contributed by atoms with Gasteiger partial charge in [0.2, 0.25) is 0 Å². The van der Waals surface area contributed by atoms with E-state index in [1.807, 2.05) is 56.3 Å². The van der Waals surface area contributed by atoms with E-state index in [-0.39, 0.29) is 6.03 Å². The van der Waals surface area contributed by atoms with Crippen molar-refractivity contribution in [1.82, 2.24) is 5.32 Å². The number of carbonyl (C=O) groups excluding carboxylic acids is 1. The predicted molar refractivity (Wildman–Crippen MR) is 92.6 cm³/mol. The number of ether oxygens (including phenoxy) is 1. The van der Waals surface area contributed by atoms with E-state index in [2.05, 4.69) is 26.6 Å². The number of benzene rings is 2. The quantitative estimate of drug-likeness (QED) is 0.780. The molecule has 0 bridgehead atoms. The van der Waals surface area contributed by atoms with Crippen molar-refractivity contribution in [2.75, 3.05) is 18.5 Å². The number of amides is 2. The van der Waals surface area contributed by atoms with Gasteiger partial charge in [0, 0.05) is 10.2 Å². The second-order valence-corrected chi connectivity index (χ2v) is 5.92. The van der Waals surface area contributed by atoms with E-state index in [1.54, 1.807) is 0 Å². The number of anilines is 1. The van der Waals surface area contributed by atoms with Gasteiger partial charge in [-0.3, -0.25) is 0 Å². The predicted octanol–water partition coefficient (Wildman–Crippen LogP) is 4.27. The number of hydrogen-bond donors (Lipinski definition) is 2. The number of rotatable bonds is 5. The first-order chi connectivity index (χ1) is 10.5. The lowest BCUT2D eigenvalue weighted by atomic mass is 10.1. The molecule has 0 aliphatic rings. The molecule has 2 aromatic carbocycles. The molecule has 0 radical (unpaired) electrons. The summed E-state index contributed by atoms with van der Waals surface area (Å²) in [6.45, 7) is 4.81. The summed E-state index contributed by atoms with van der Waals surface area (Å²) in [6, 6.07) is 13.3. The van der Waals surface area contributed by atoms with E-state index < -0.39 is 0 Å². The molecule has 0 saturated heterocycles. The Hall–Kier alpha value is -2.01. The largest absolute Gasteiger partial charge is 0.492 e. The minimum atomic E-state index is -0.230. The van der Waals surface area contributed by atoms with Crippen LogP contribution in [0.25, 0.3) is 0 Å². The number of urea groups is 1. The van der Waals surface area contributed by atoms with Gasteiger partial charge in [-0.2, -0.15) is 0 Å². The molecule has 0 fully saturated rings. The number of aryl methyl sites for hydroxylation is 2. The maximum Gasteiger partial charge on any atom is 0.319 e. The topological polar surface area (TPSA) is 50.4 Å². The molecule has 2 amide bonds. The Morgan fingerprint density at radius 1 is 1.18 bits per heavy atom. The zero-order valence-corrected chi connectivity index (χ0v) is 14.2. The van der Waals surface area contributed by atoms with Crippen molar-refractivity contribution in [2.45, 2.75) is 13.8 Å². The fourth-order valence-electron chi connectivity index (χ4n) is 1.93. The first-order valence-corrected chi connectivity index (χ1v) is 7.84. The second-order valence-electron chi connectivity index (χ2n) is 5.01. The molecule has 2 aromatic rings. The first kappa shape index (κ1) is 16.4. The summed E-state index contributed by atoms with van der Waals surface area (Å²) in [5, 5.41) is 5.62. The zero-order chi connectivity index (χ0) is 15.9.